The van der Waals surface area contributed by atoms with Gasteiger partial charge in [-0.3, -0.25) is 4.79 Å². The molecule has 2 saturated heterocycles. The van der Waals surface area contributed by atoms with Crippen molar-refractivity contribution in [3.05, 3.63) is 30.1 Å². The minimum absolute atomic E-state index is 0.0134. The third kappa shape index (κ3) is 5.61. The van der Waals surface area contributed by atoms with E-state index in [0.29, 0.717) is 38.3 Å². The summed E-state index contributed by atoms with van der Waals surface area (Å²) in [6.07, 6.45) is 7.10. The van der Waals surface area contributed by atoms with Gasteiger partial charge in [0, 0.05) is 31.6 Å². The first-order valence-corrected chi connectivity index (χ1v) is 13.6. The molecular formula is C23H34FN3O4S. The number of sulfonamides is 1. The number of piperidine rings is 2. The molecule has 1 amide bonds. The first-order chi connectivity index (χ1) is 15.3. The van der Waals surface area contributed by atoms with Gasteiger partial charge in [0.05, 0.1) is 30.7 Å². The lowest BCUT2D eigenvalue weighted by Gasteiger charge is -2.44. The van der Waals surface area contributed by atoms with E-state index < -0.39 is 10.0 Å². The van der Waals surface area contributed by atoms with E-state index in [9.17, 15) is 17.6 Å². The summed E-state index contributed by atoms with van der Waals surface area (Å²) in [5.41, 5.74) is 0.618. The summed E-state index contributed by atoms with van der Waals surface area (Å²) in [5.74, 6) is -0.00775. The number of ether oxygens (including phenoxy) is 1. The lowest BCUT2D eigenvalue weighted by molar-refractivity contribution is -0.145. The summed E-state index contributed by atoms with van der Waals surface area (Å²) < 4.78 is 46.9. The number of likely N-dealkylation sites (tertiary alicyclic amines) is 1. The molecule has 7 nitrogen and oxygen atoms in total. The van der Waals surface area contributed by atoms with Crippen molar-refractivity contribution in [3.63, 3.8) is 0 Å². The molecule has 1 aliphatic carbocycles. The number of carbonyl (C=O) groups is 1. The van der Waals surface area contributed by atoms with E-state index in [1.54, 1.807) is 12.1 Å². The summed E-state index contributed by atoms with van der Waals surface area (Å²) in [6.45, 7) is 2.37. The molecule has 1 N–H and O–H groups in total. The number of nitrogens with zero attached hydrogens (tertiary/aromatic N) is 2. The maximum absolute atomic E-state index is 14.1. The normalized spacial score (nSPS) is 25.6. The Bertz CT molecular complexity index is 900. The zero-order valence-electron chi connectivity index (χ0n) is 18.7. The second kappa shape index (κ2) is 10.1. The van der Waals surface area contributed by atoms with Crippen LogP contribution in [0.25, 0.3) is 0 Å². The van der Waals surface area contributed by atoms with E-state index in [0.717, 1.165) is 44.8 Å². The summed E-state index contributed by atoms with van der Waals surface area (Å²) in [5, 5.41) is 0. The maximum atomic E-state index is 14.1. The molecule has 2 atom stereocenters. The highest BCUT2D eigenvalue weighted by Crippen LogP contribution is 2.32. The number of nitrogens with one attached hydrogen (secondary N) is 1. The van der Waals surface area contributed by atoms with Crippen LogP contribution in [0.4, 0.5) is 10.1 Å². The summed E-state index contributed by atoms with van der Waals surface area (Å²) in [4.78, 5) is 16.9. The Hall–Kier alpha value is -1.71. The van der Waals surface area contributed by atoms with Crippen LogP contribution < -0.4 is 9.62 Å². The van der Waals surface area contributed by atoms with Crippen LogP contribution in [0.5, 0.6) is 0 Å². The fourth-order valence-corrected chi connectivity index (χ4v) is 5.87. The second-order valence-corrected chi connectivity index (χ2v) is 11.1. The van der Waals surface area contributed by atoms with E-state index in [-0.39, 0.29) is 35.8 Å². The van der Waals surface area contributed by atoms with Crippen LogP contribution in [0.15, 0.2) is 24.3 Å². The van der Waals surface area contributed by atoms with Gasteiger partial charge in [0.25, 0.3) is 0 Å². The standard InChI is InChI=1S/C23H34FN3O4S/c1-32(29,30)25-20-9-5-13-27(23(28)17-6-4-7-17)22(20)16-31-18-11-14-26(15-12-18)21-10-3-2-8-19(21)24/h2-3,8,10,17-18,20,22,25H,4-7,9,11-16H2,1H3/t20-,22-/m0/s1. The molecule has 2 heterocycles. The van der Waals surface area contributed by atoms with Crippen LogP contribution in [0.2, 0.25) is 0 Å². The van der Waals surface area contributed by atoms with E-state index in [1.165, 1.54) is 6.07 Å². The molecule has 0 radical (unpaired) electrons. The van der Waals surface area contributed by atoms with Gasteiger partial charge in [-0.25, -0.2) is 17.5 Å². The number of halogens is 1. The van der Waals surface area contributed by atoms with Gasteiger partial charge in [-0.2, -0.15) is 0 Å². The SMILES string of the molecule is CS(=O)(=O)N[C@H]1CCCN(C(=O)C2CCC2)[C@H]1COC1CCN(c2ccccc2F)CC1. The molecule has 3 aliphatic rings. The van der Waals surface area contributed by atoms with Crippen LogP contribution in [0.1, 0.15) is 44.9 Å². The number of para-hydroxylation sites is 1. The van der Waals surface area contributed by atoms with Gasteiger partial charge in [0.1, 0.15) is 5.82 Å². The summed E-state index contributed by atoms with van der Waals surface area (Å²) in [6, 6.07) is 6.17. The third-order valence-corrected chi connectivity index (χ3v) is 7.75. The molecule has 1 saturated carbocycles. The number of carbonyl (C=O) groups excluding carboxylic acids is 1. The Kier molecular flexibility index (Phi) is 7.37. The fraction of sp³-hybridized carbons (Fsp3) is 0.696. The van der Waals surface area contributed by atoms with Gasteiger partial charge in [0.2, 0.25) is 15.9 Å². The highest BCUT2D eigenvalue weighted by molar-refractivity contribution is 7.88. The molecule has 178 valence electrons. The van der Waals surface area contributed by atoms with Gasteiger partial charge in [-0.05, 0) is 50.7 Å². The first-order valence-electron chi connectivity index (χ1n) is 11.7. The third-order valence-electron chi connectivity index (χ3n) is 7.02. The molecule has 32 heavy (non-hydrogen) atoms. The van der Waals surface area contributed by atoms with Crippen molar-refractivity contribution in [2.24, 2.45) is 5.92 Å². The predicted molar refractivity (Wildman–Crippen MR) is 121 cm³/mol. The quantitative estimate of drug-likeness (QED) is 0.667. The van der Waals surface area contributed by atoms with Crippen LogP contribution in [-0.4, -0.2) is 69.9 Å². The largest absolute Gasteiger partial charge is 0.376 e. The first kappa shape index (κ1) is 23.4. The van der Waals surface area contributed by atoms with Gasteiger partial charge in [0.15, 0.2) is 0 Å². The number of anilines is 1. The Morgan fingerprint density at radius 3 is 2.44 bits per heavy atom. The molecule has 4 rings (SSSR count). The van der Waals surface area contributed by atoms with Gasteiger partial charge < -0.3 is 14.5 Å². The minimum Gasteiger partial charge on any atom is -0.376 e. The van der Waals surface area contributed by atoms with Crippen LogP contribution in [0, 0.1) is 11.7 Å². The molecule has 0 aromatic heterocycles. The molecule has 0 spiro atoms. The fourth-order valence-electron chi connectivity index (χ4n) is 5.05. The van der Waals surface area contributed by atoms with Crippen LogP contribution >= 0.6 is 0 Å². The second-order valence-electron chi connectivity index (χ2n) is 9.34. The average molecular weight is 468 g/mol. The number of hydrogen-bond donors (Lipinski definition) is 1. The molecular weight excluding hydrogens is 433 g/mol. The average Bonchev–Trinajstić information content (AvgIpc) is 2.71. The highest BCUT2D eigenvalue weighted by Gasteiger charge is 2.40. The summed E-state index contributed by atoms with van der Waals surface area (Å²) in [7, 11) is -3.39. The molecule has 0 unspecified atom stereocenters. The molecule has 0 bridgehead atoms. The van der Waals surface area contributed by atoms with Gasteiger partial charge >= 0.3 is 0 Å². The van der Waals surface area contributed by atoms with Crippen molar-refractivity contribution in [1.82, 2.24) is 9.62 Å². The molecule has 3 fully saturated rings. The highest BCUT2D eigenvalue weighted by atomic mass is 32.2. The number of rotatable bonds is 7. The van der Waals surface area contributed by atoms with Crippen molar-refractivity contribution >= 4 is 21.6 Å². The Labute approximate surface area is 190 Å². The maximum Gasteiger partial charge on any atom is 0.226 e. The minimum atomic E-state index is -3.39. The van der Waals surface area contributed by atoms with Crippen molar-refractivity contribution in [2.45, 2.75) is 63.1 Å². The monoisotopic (exact) mass is 467 g/mol. The van der Waals surface area contributed by atoms with E-state index in [4.69, 9.17) is 4.74 Å². The number of amides is 1. The van der Waals surface area contributed by atoms with Gasteiger partial charge in [-0.1, -0.05) is 18.6 Å². The molecule has 2 aliphatic heterocycles. The summed E-state index contributed by atoms with van der Waals surface area (Å²) >= 11 is 0. The molecule has 9 heteroatoms. The lowest BCUT2D eigenvalue weighted by Crippen LogP contribution is -2.60. The Balaban J connectivity index is 1.38. The van der Waals surface area contributed by atoms with E-state index >= 15 is 0 Å². The predicted octanol–water partition coefficient (Wildman–Crippen LogP) is 2.52. The molecule has 1 aromatic rings. The van der Waals surface area contributed by atoms with E-state index in [1.807, 2.05) is 15.9 Å². The zero-order chi connectivity index (χ0) is 22.7. The lowest BCUT2D eigenvalue weighted by atomic mass is 9.83. The van der Waals surface area contributed by atoms with Crippen molar-refractivity contribution in [1.29, 1.82) is 0 Å². The van der Waals surface area contributed by atoms with Crippen molar-refractivity contribution in [2.75, 3.05) is 37.4 Å². The number of hydrogen-bond acceptors (Lipinski definition) is 5. The van der Waals surface area contributed by atoms with Crippen molar-refractivity contribution in [3.8, 4) is 0 Å². The molecule has 1 aromatic carbocycles. The number of benzene rings is 1. The zero-order valence-corrected chi connectivity index (χ0v) is 19.5. The van der Waals surface area contributed by atoms with Gasteiger partial charge in [-0.15, -0.1) is 0 Å². The Morgan fingerprint density at radius 1 is 1.09 bits per heavy atom. The van der Waals surface area contributed by atoms with Crippen molar-refractivity contribution < 1.29 is 22.3 Å². The van der Waals surface area contributed by atoms with E-state index in [2.05, 4.69) is 4.72 Å². The topological polar surface area (TPSA) is 79.0 Å². The Morgan fingerprint density at radius 2 is 1.81 bits per heavy atom. The van der Waals surface area contributed by atoms with Crippen LogP contribution in [-0.2, 0) is 19.6 Å². The van der Waals surface area contributed by atoms with Crippen LogP contribution in [0.3, 0.4) is 0 Å². The smallest absolute Gasteiger partial charge is 0.226 e.